The number of rotatable bonds is 4. The van der Waals surface area contributed by atoms with E-state index in [1.807, 2.05) is 0 Å². The number of hydrogen-bond donors (Lipinski definition) is 2. The van der Waals surface area contributed by atoms with Gasteiger partial charge in [0.25, 0.3) is 10.0 Å². The number of hydrogen-bond acceptors (Lipinski definition) is 3. The number of thiocarbonyl (C=S) groups is 1. The Labute approximate surface area is 141 Å². The molecule has 0 amide bonds. The van der Waals surface area contributed by atoms with Crippen LogP contribution in [0.1, 0.15) is 5.56 Å². The van der Waals surface area contributed by atoms with E-state index in [1.54, 1.807) is 24.3 Å². The second kappa shape index (κ2) is 6.31. The standard InChI is InChI=1S/C13H10BrClN2O2S2/c14-11-6-3-9(7-12(11)15)17-21(18,19)10-4-1-8(2-5-10)13(16)20/h1-7,17H,(H2,16,20). The molecule has 0 spiro atoms. The molecule has 0 unspecified atom stereocenters. The largest absolute Gasteiger partial charge is 0.389 e. The zero-order chi connectivity index (χ0) is 15.6. The summed E-state index contributed by atoms with van der Waals surface area (Å²) in [4.78, 5) is 0.327. The summed E-state index contributed by atoms with van der Waals surface area (Å²) in [5.41, 5.74) is 6.46. The smallest absolute Gasteiger partial charge is 0.261 e. The molecule has 0 aliphatic heterocycles. The summed E-state index contributed by atoms with van der Waals surface area (Å²) in [6, 6.07) is 10.8. The molecular formula is C13H10BrClN2O2S2. The van der Waals surface area contributed by atoms with E-state index in [1.165, 1.54) is 18.2 Å². The highest BCUT2D eigenvalue weighted by molar-refractivity contribution is 9.10. The van der Waals surface area contributed by atoms with Gasteiger partial charge >= 0.3 is 0 Å². The van der Waals surface area contributed by atoms with Crippen LogP contribution in [0.25, 0.3) is 0 Å². The van der Waals surface area contributed by atoms with Gasteiger partial charge in [-0.15, -0.1) is 0 Å². The Balaban J connectivity index is 2.29. The molecule has 0 aromatic heterocycles. The maximum absolute atomic E-state index is 12.2. The highest BCUT2D eigenvalue weighted by Crippen LogP contribution is 2.26. The summed E-state index contributed by atoms with van der Waals surface area (Å²) in [6.07, 6.45) is 0. The maximum Gasteiger partial charge on any atom is 0.261 e. The number of sulfonamides is 1. The molecule has 0 aliphatic rings. The van der Waals surface area contributed by atoms with Crippen molar-refractivity contribution in [3.8, 4) is 0 Å². The SMILES string of the molecule is NC(=S)c1ccc(S(=O)(=O)Nc2ccc(Br)c(Cl)c2)cc1. The third kappa shape index (κ3) is 3.94. The molecule has 8 heteroatoms. The molecule has 4 nitrogen and oxygen atoms in total. The van der Waals surface area contributed by atoms with Gasteiger partial charge in [-0.25, -0.2) is 8.42 Å². The molecule has 2 aromatic rings. The van der Waals surface area contributed by atoms with Gasteiger partial charge in [0.05, 0.1) is 15.6 Å². The highest BCUT2D eigenvalue weighted by Gasteiger charge is 2.14. The van der Waals surface area contributed by atoms with Gasteiger partial charge < -0.3 is 5.73 Å². The van der Waals surface area contributed by atoms with Crippen molar-refractivity contribution in [2.45, 2.75) is 4.90 Å². The van der Waals surface area contributed by atoms with E-state index < -0.39 is 10.0 Å². The second-order valence-electron chi connectivity index (χ2n) is 4.12. The Morgan fingerprint density at radius 1 is 1.19 bits per heavy atom. The van der Waals surface area contributed by atoms with Crippen molar-refractivity contribution in [3.63, 3.8) is 0 Å². The molecule has 0 heterocycles. The second-order valence-corrected chi connectivity index (χ2v) is 7.51. The van der Waals surface area contributed by atoms with Crippen molar-refractivity contribution >= 4 is 60.4 Å². The predicted molar refractivity (Wildman–Crippen MR) is 92.3 cm³/mol. The zero-order valence-electron chi connectivity index (χ0n) is 10.5. The van der Waals surface area contributed by atoms with Crippen molar-refractivity contribution in [2.75, 3.05) is 4.72 Å². The van der Waals surface area contributed by atoms with Crippen LogP contribution in [-0.2, 0) is 10.0 Å². The molecule has 0 saturated heterocycles. The molecule has 0 fully saturated rings. The van der Waals surface area contributed by atoms with Gasteiger partial charge in [-0.2, -0.15) is 0 Å². The first kappa shape index (κ1) is 16.2. The van der Waals surface area contributed by atoms with Gasteiger partial charge in [0, 0.05) is 10.0 Å². The van der Waals surface area contributed by atoms with Gasteiger partial charge in [0.15, 0.2) is 0 Å². The normalized spacial score (nSPS) is 11.1. The third-order valence-corrected chi connectivity index (χ3v) is 5.49. The number of halogens is 2. The Kier molecular flexibility index (Phi) is 4.88. The van der Waals surface area contributed by atoms with Crippen LogP contribution in [0.2, 0.25) is 5.02 Å². The fourth-order valence-electron chi connectivity index (χ4n) is 1.57. The van der Waals surface area contributed by atoms with Crippen LogP contribution in [0.15, 0.2) is 51.8 Å². The first-order chi connectivity index (χ1) is 9.79. The van der Waals surface area contributed by atoms with Gasteiger partial charge in [-0.1, -0.05) is 36.0 Å². The van der Waals surface area contributed by atoms with Crippen LogP contribution >= 0.6 is 39.7 Å². The van der Waals surface area contributed by atoms with E-state index in [0.717, 1.165) is 0 Å². The van der Waals surface area contributed by atoms with E-state index >= 15 is 0 Å². The summed E-state index contributed by atoms with van der Waals surface area (Å²) >= 11 is 14.0. The molecule has 0 aliphatic carbocycles. The molecule has 110 valence electrons. The van der Waals surface area contributed by atoms with E-state index in [2.05, 4.69) is 20.7 Å². The first-order valence-electron chi connectivity index (χ1n) is 5.67. The molecule has 0 atom stereocenters. The quantitative estimate of drug-likeness (QED) is 0.763. The molecule has 2 aromatic carbocycles. The van der Waals surface area contributed by atoms with Crippen LogP contribution in [0, 0.1) is 0 Å². The Hall–Kier alpha value is -1.15. The number of anilines is 1. The van der Waals surface area contributed by atoms with Gasteiger partial charge in [-0.05, 0) is 46.3 Å². The van der Waals surface area contributed by atoms with E-state index in [-0.39, 0.29) is 9.88 Å². The summed E-state index contributed by atoms with van der Waals surface area (Å²) in [7, 11) is -3.69. The average Bonchev–Trinajstić information content (AvgIpc) is 2.43. The lowest BCUT2D eigenvalue weighted by molar-refractivity contribution is 0.601. The third-order valence-electron chi connectivity index (χ3n) is 2.62. The Bertz CT molecular complexity index is 792. The minimum absolute atomic E-state index is 0.113. The van der Waals surface area contributed by atoms with Crippen LogP contribution < -0.4 is 10.5 Å². The summed E-state index contributed by atoms with van der Waals surface area (Å²) in [6.45, 7) is 0. The van der Waals surface area contributed by atoms with E-state index in [0.29, 0.717) is 20.7 Å². The van der Waals surface area contributed by atoms with Gasteiger partial charge in [0.2, 0.25) is 0 Å². The molecule has 0 radical (unpaired) electrons. The predicted octanol–water partition coefficient (Wildman–Crippen LogP) is 3.54. The molecule has 3 N–H and O–H groups in total. The van der Waals surface area contributed by atoms with Crippen LogP contribution in [0.3, 0.4) is 0 Å². The van der Waals surface area contributed by atoms with Crippen LogP contribution in [0.4, 0.5) is 5.69 Å². The minimum atomic E-state index is -3.69. The molecular weight excluding hydrogens is 396 g/mol. The lowest BCUT2D eigenvalue weighted by Crippen LogP contribution is -2.14. The number of nitrogens with two attached hydrogens (primary N) is 1. The number of benzene rings is 2. The van der Waals surface area contributed by atoms with E-state index in [4.69, 9.17) is 29.6 Å². The summed E-state index contributed by atoms with van der Waals surface area (Å²) in [5, 5.41) is 0.416. The average molecular weight is 406 g/mol. The fourth-order valence-corrected chi connectivity index (χ4v) is 3.18. The summed E-state index contributed by atoms with van der Waals surface area (Å²) < 4.78 is 27.6. The molecule has 2 rings (SSSR count). The van der Waals surface area contributed by atoms with Crippen molar-refractivity contribution in [2.24, 2.45) is 5.73 Å². The van der Waals surface area contributed by atoms with Crippen LogP contribution in [-0.4, -0.2) is 13.4 Å². The topological polar surface area (TPSA) is 72.2 Å². The number of nitrogens with one attached hydrogen (secondary N) is 1. The Morgan fingerprint density at radius 2 is 1.81 bits per heavy atom. The molecule has 21 heavy (non-hydrogen) atoms. The van der Waals surface area contributed by atoms with Crippen LogP contribution in [0.5, 0.6) is 0 Å². The van der Waals surface area contributed by atoms with Crippen molar-refractivity contribution in [1.82, 2.24) is 0 Å². The van der Waals surface area contributed by atoms with E-state index in [9.17, 15) is 8.42 Å². The monoisotopic (exact) mass is 404 g/mol. The fraction of sp³-hybridized carbons (Fsp3) is 0. The Morgan fingerprint density at radius 3 is 2.33 bits per heavy atom. The molecule has 0 bridgehead atoms. The van der Waals surface area contributed by atoms with Crippen molar-refractivity contribution in [3.05, 3.63) is 57.5 Å². The lowest BCUT2D eigenvalue weighted by atomic mass is 10.2. The first-order valence-corrected chi connectivity index (χ1v) is 8.73. The zero-order valence-corrected chi connectivity index (χ0v) is 14.5. The molecule has 0 saturated carbocycles. The minimum Gasteiger partial charge on any atom is -0.389 e. The maximum atomic E-state index is 12.2. The van der Waals surface area contributed by atoms with Gasteiger partial charge in [-0.3, -0.25) is 4.72 Å². The van der Waals surface area contributed by atoms with Crippen molar-refractivity contribution < 1.29 is 8.42 Å². The van der Waals surface area contributed by atoms with Gasteiger partial charge in [0.1, 0.15) is 4.99 Å². The lowest BCUT2D eigenvalue weighted by Gasteiger charge is -2.09. The van der Waals surface area contributed by atoms with Crippen molar-refractivity contribution in [1.29, 1.82) is 0 Å². The highest BCUT2D eigenvalue weighted by atomic mass is 79.9. The summed E-state index contributed by atoms with van der Waals surface area (Å²) in [5.74, 6) is 0.